The molecule has 0 atom stereocenters. The molecule has 0 spiro atoms. The minimum atomic E-state index is -0.768. The van der Waals surface area contributed by atoms with Gasteiger partial charge >= 0.3 is 6.03 Å². The lowest BCUT2D eigenvalue weighted by Crippen LogP contribution is -2.33. The molecule has 0 aliphatic carbocycles. The van der Waals surface area contributed by atoms with Crippen LogP contribution in [0.3, 0.4) is 0 Å². The first kappa shape index (κ1) is 20.8. The second-order valence-corrected chi connectivity index (χ2v) is 7.40. The molecule has 0 bridgehead atoms. The lowest BCUT2D eigenvalue weighted by molar-refractivity contribution is 0.254. The Hall–Kier alpha value is -3.46. The predicted octanol–water partition coefficient (Wildman–Crippen LogP) is 3.24. The van der Waals surface area contributed by atoms with Gasteiger partial charge in [-0.05, 0) is 35.7 Å². The topological polar surface area (TPSA) is 90.5 Å². The van der Waals surface area contributed by atoms with Crippen LogP contribution >= 0.6 is 11.6 Å². The molecule has 160 valence electrons. The van der Waals surface area contributed by atoms with E-state index in [-0.39, 0.29) is 29.6 Å². The van der Waals surface area contributed by atoms with E-state index >= 15 is 0 Å². The van der Waals surface area contributed by atoms with Gasteiger partial charge in [-0.2, -0.15) is 0 Å². The number of ether oxygens (including phenoxy) is 1. The summed E-state index contributed by atoms with van der Waals surface area (Å²) in [6.45, 7) is 0.466. The van der Waals surface area contributed by atoms with Crippen LogP contribution < -0.4 is 20.9 Å². The molecule has 0 unspecified atom stereocenters. The molecule has 3 aromatic rings. The number of anilines is 1. The van der Waals surface area contributed by atoms with E-state index in [1.165, 1.54) is 21.9 Å². The molecule has 2 heterocycles. The SMILES string of the molecule is NC(=O)N1CCc2cc(Cn3cnc(OCc4ccc(F)cc4F)c(Cl)c3=O)ccc21. The monoisotopic (exact) mass is 446 g/mol. The minimum Gasteiger partial charge on any atom is -0.471 e. The fourth-order valence-corrected chi connectivity index (χ4v) is 3.64. The van der Waals surface area contributed by atoms with Gasteiger partial charge in [0.2, 0.25) is 5.88 Å². The molecule has 0 fully saturated rings. The molecule has 1 aliphatic rings. The quantitative estimate of drug-likeness (QED) is 0.651. The van der Waals surface area contributed by atoms with Crippen molar-refractivity contribution in [1.29, 1.82) is 0 Å². The van der Waals surface area contributed by atoms with Crippen molar-refractivity contribution in [3.05, 3.63) is 86.4 Å². The van der Waals surface area contributed by atoms with Crippen molar-refractivity contribution in [2.45, 2.75) is 19.6 Å². The molecular formula is C21H17ClF2N4O3. The van der Waals surface area contributed by atoms with Gasteiger partial charge in [-0.15, -0.1) is 0 Å². The van der Waals surface area contributed by atoms with Crippen LogP contribution in [0, 0.1) is 11.6 Å². The summed E-state index contributed by atoms with van der Waals surface area (Å²) in [5.41, 5.74) is 7.50. The zero-order valence-electron chi connectivity index (χ0n) is 16.1. The zero-order valence-corrected chi connectivity index (χ0v) is 16.9. The van der Waals surface area contributed by atoms with Crippen molar-refractivity contribution in [1.82, 2.24) is 9.55 Å². The van der Waals surface area contributed by atoms with Crippen molar-refractivity contribution in [3.8, 4) is 5.88 Å². The number of benzene rings is 2. The first-order valence-electron chi connectivity index (χ1n) is 9.34. The van der Waals surface area contributed by atoms with E-state index < -0.39 is 23.2 Å². The number of nitrogens with zero attached hydrogens (tertiary/aromatic N) is 3. The maximum atomic E-state index is 13.7. The van der Waals surface area contributed by atoms with Crippen LogP contribution in [0.25, 0.3) is 0 Å². The number of carbonyl (C=O) groups is 1. The molecule has 2 N–H and O–H groups in total. The molecule has 2 aromatic carbocycles. The van der Waals surface area contributed by atoms with E-state index in [2.05, 4.69) is 4.98 Å². The number of fused-ring (bicyclic) bond motifs is 1. The molecule has 1 aliphatic heterocycles. The Bertz CT molecular complexity index is 1230. The van der Waals surface area contributed by atoms with Gasteiger partial charge in [0, 0.05) is 23.9 Å². The van der Waals surface area contributed by atoms with Gasteiger partial charge in [-0.3, -0.25) is 14.3 Å². The molecule has 0 radical (unpaired) electrons. The number of amides is 2. The highest BCUT2D eigenvalue weighted by Crippen LogP contribution is 2.29. The largest absolute Gasteiger partial charge is 0.471 e. The fraction of sp³-hybridized carbons (Fsp3) is 0.190. The van der Waals surface area contributed by atoms with E-state index in [4.69, 9.17) is 22.1 Å². The highest BCUT2D eigenvalue weighted by molar-refractivity contribution is 6.31. The van der Waals surface area contributed by atoms with Gasteiger partial charge in [0.05, 0.1) is 6.54 Å². The van der Waals surface area contributed by atoms with Crippen molar-refractivity contribution >= 4 is 23.3 Å². The van der Waals surface area contributed by atoms with Crippen LogP contribution in [0.15, 0.2) is 47.5 Å². The van der Waals surface area contributed by atoms with Crippen LogP contribution in [0.2, 0.25) is 5.02 Å². The van der Waals surface area contributed by atoms with Crippen LogP contribution in [0.1, 0.15) is 16.7 Å². The normalized spacial score (nSPS) is 12.7. The number of hydrogen-bond acceptors (Lipinski definition) is 4. The van der Waals surface area contributed by atoms with Gasteiger partial charge in [0.1, 0.15) is 24.6 Å². The number of carbonyl (C=O) groups excluding carboxylic acids is 1. The smallest absolute Gasteiger partial charge is 0.319 e. The number of urea groups is 1. The number of nitrogens with two attached hydrogens (primary N) is 1. The van der Waals surface area contributed by atoms with E-state index in [0.717, 1.165) is 28.9 Å². The summed E-state index contributed by atoms with van der Waals surface area (Å²) in [6.07, 6.45) is 1.96. The molecule has 31 heavy (non-hydrogen) atoms. The third kappa shape index (κ3) is 4.22. The van der Waals surface area contributed by atoms with E-state index in [1.54, 1.807) is 12.1 Å². The Labute approximate surface area is 180 Å². The number of primary amides is 1. The summed E-state index contributed by atoms with van der Waals surface area (Å²) < 4.78 is 33.4. The summed E-state index contributed by atoms with van der Waals surface area (Å²) >= 11 is 6.11. The maximum absolute atomic E-state index is 13.7. The van der Waals surface area contributed by atoms with Gasteiger partial charge in [-0.25, -0.2) is 18.6 Å². The molecule has 0 saturated carbocycles. The van der Waals surface area contributed by atoms with Crippen LogP contribution in [-0.2, 0) is 19.6 Å². The fourth-order valence-electron chi connectivity index (χ4n) is 3.43. The van der Waals surface area contributed by atoms with Gasteiger partial charge in [0.25, 0.3) is 5.56 Å². The number of hydrogen-bond donors (Lipinski definition) is 1. The number of aromatic nitrogens is 2. The van der Waals surface area contributed by atoms with Crippen LogP contribution in [-0.4, -0.2) is 22.1 Å². The van der Waals surface area contributed by atoms with E-state index in [0.29, 0.717) is 13.0 Å². The standard InChI is InChI=1S/C21H17ClF2N4O3/c22-18-19(31-10-14-2-3-15(23)8-16(14)24)26-11-27(20(18)29)9-12-1-4-17-13(7-12)5-6-28(17)21(25)30/h1-4,7-8,11H,5-6,9-10H2,(H2,25,30). The average molecular weight is 447 g/mol. The molecule has 10 heteroatoms. The molecular weight excluding hydrogens is 430 g/mol. The Morgan fingerprint density at radius 1 is 1.23 bits per heavy atom. The Kier molecular flexibility index (Phi) is 5.60. The van der Waals surface area contributed by atoms with Gasteiger partial charge < -0.3 is 10.5 Å². The highest BCUT2D eigenvalue weighted by Gasteiger charge is 2.23. The Balaban J connectivity index is 1.50. The zero-order chi connectivity index (χ0) is 22.1. The molecule has 0 saturated heterocycles. The average Bonchev–Trinajstić information content (AvgIpc) is 3.15. The van der Waals surface area contributed by atoms with E-state index in [1.807, 2.05) is 6.07 Å². The molecule has 4 rings (SSSR count). The van der Waals surface area contributed by atoms with Crippen molar-refractivity contribution < 1.29 is 18.3 Å². The van der Waals surface area contributed by atoms with Crippen LogP contribution in [0.5, 0.6) is 5.88 Å². The second-order valence-electron chi connectivity index (χ2n) is 7.02. The predicted molar refractivity (Wildman–Crippen MR) is 110 cm³/mol. The third-order valence-electron chi connectivity index (χ3n) is 4.99. The van der Waals surface area contributed by atoms with Crippen molar-refractivity contribution in [2.24, 2.45) is 5.73 Å². The highest BCUT2D eigenvalue weighted by atomic mass is 35.5. The Morgan fingerprint density at radius 2 is 2.03 bits per heavy atom. The molecule has 2 amide bonds. The number of halogens is 3. The third-order valence-corrected chi connectivity index (χ3v) is 5.31. The summed E-state index contributed by atoms with van der Waals surface area (Å²) in [4.78, 5) is 29.6. The lowest BCUT2D eigenvalue weighted by Gasteiger charge is -2.14. The van der Waals surface area contributed by atoms with E-state index in [9.17, 15) is 18.4 Å². The van der Waals surface area contributed by atoms with Crippen molar-refractivity contribution in [2.75, 3.05) is 11.4 Å². The summed E-state index contributed by atoms with van der Waals surface area (Å²) in [6, 6.07) is 8.07. The lowest BCUT2D eigenvalue weighted by atomic mass is 10.1. The molecule has 1 aromatic heterocycles. The first-order chi connectivity index (χ1) is 14.8. The Morgan fingerprint density at radius 3 is 2.77 bits per heavy atom. The van der Waals surface area contributed by atoms with Crippen LogP contribution in [0.4, 0.5) is 19.3 Å². The van der Waals surface area contributed by atoms with Gasteiger partial charge in [-0.1, -0.05) is 23.7 Å². The van der Waals surface area contributed by atoms with Gasteiger partial charge in [0.15, 0.2) is 5.02 Å². The molecule has 7 nitrogen and oxygen atoms in total. The first-order valence-corrected chi connectivity index (χ1v) is 9.71. The maximum Gasteiger partial charge on any atom is 0.319 e. The summed E-state index contributed by atoms with van der Waals surface area (Å²) in [5.74, 6) is -1.61. The van der Waals surface area contributed by atoms with Crippen molar-refractivity contribution in [3.63, 3.8) is 0 Å². The summed E-state index contributed by atoms with van der Waals surface area (Å²) in [7, 11) is 0. The summed E-state index contributed by atoms with van der Waals surface area (Å²) in [5, 5.41) is -0.244. The number of rotatable bonds is 5. The second kappa shape index (κ2) is 8.35. The minimum absolute atomic E-state index is 0.103.